The lowest BCUT2D eigenvalue weighted by Gasteiger charge is -2.04. The summed E-state index contributed by atoms with van der Waals surface area (Å²) in [6, 6.07) is 16.2. The average Bonchev–Trinajstić information content (AvgIpc) is 2.62. The monoisotopic (exact) mass is 339 g/mol. The summed E-state index contributed by atoms with van der Waals surface area (Å²) < 4.78 is 5.17. The third kappa shape index (κ3) is 3.52. The summed E-state index contributed by atoms with van der Waals surface area (Å²) in [4.78, 5) is 16.2. The van der Waals surface area contributed by atoms with Gasteiger partial charge in [0.2, 0.25) is 0 Å². The van der Waals surface area contributed by atoms with Gasteiger partial charge in [-0.1, -0.05) is 29.8 Å². The van der Waals surface area contributed by atoms with Crippen LogP contribution in [-0.4, -0.2) is 24.2 Å². The van der Waals surface area contributed by atoms with Crippen LogP contribution >= 0.6 is 11.6 Å². The maximum Gasteiger partial charge on any atom is 0.271 e. The van der Waals surface area contributed by atoms with Crippen LogP contribution in [0.5, 0.6) is 5.75 Å². The van der Waals surface area contributed by atoms with Gasteiger partial charge in [-0.3, -0.25) is 4.79 Å². The zero-order valence-electron chi connectivity index (χ0n) is 12.9. The Morgan fingerprint density at radius 1 is 1.21 bits per heavy atom. The minimum Gasteiger partial charge on any atom is -0.497 e. The average molecular weight is 340 g/mol. The molecule has 120 valence electrons. The number of hydrogen-bond donors (Lipinski definition) is 1. The van der Waals surface area contributed by atoms with E-state index < -0.39 is 0 Å². The highest BCUT2D eigenvalue weighted by Gasteiger charge is 2.06. The lowest BCUT2D eigenvalue weighted by molar-refractivity contribution is 0.0955. The molecule has 1 amide bonds. The molecule has 0 saturated carbocycles. The number of fused-ring (bicyclic) bond motifs is 1. The summed E-state index contributed by atoms with van der Waals surface area (Å²) >= 11 is 6.18. The Bertz CT molecular complexity index is 911. The molecule has 3 aromatic rings. The van der Waals surface area contributed by atoms with E-state index in [1.54, 1.807) is 37.4 Å². The highest BCUT2D eigenvalue weighted by Crippen LogP contribution is 2.23. The van der Waals surface area contributed by atoms with E-state index in [2.05, 4.69) is 15.5 Å². The van der Waals surface area contributed by atoms with E-state index in [1.165, 1.54) is 6.21 Å². The molecule has 2 aromatic carbocycles. The standard InChI is InChI=1S/C18H14ClN3O2/c1-24-15-8-7-13-9-14(17(19)21-16(13)10-15)11-20-22-18(23)12-5-3-2-4-6-12/h2-11H,1H3,(H,22,23)/b20-11-. The van der Waals surface area contributed by atoms with Crippen molar-refractivity contribution < 1.29 is 9.53 Å². The van der Waals surface area contributed by atoms with E-state index in [4.69, 9.17) is 16.3 Å². The van der Waals surface area contributed by atoms with Crippen molar-refractivity contribution >= 4 is 34.6 Å². The zero-order valence-corrected chi connectivity index (χ0v) is 13.6. The molecule has 1 N–H and O–H groups in total. The summed E-state index contributed by atoms with van der Waals surface area (Å²) in [5.41, 5.74) is 4.34. The van der Waals surface area contributed by atoms with Crippen molar-refractivity contribution in [1.82, 2.24) is 10.4 Å². The Morgan fingerprint density at radius 3 is 2.75 bits per heavy atom. The van der Waals surface area contributed by atoms with E-state index in [-0.39, 0.29) is 5.91 Å². The fourth-order valence-corrected chi connectivity index (χ4v) is 2.37. The molecule has 0 spiro atoms. The van der Waals surface area contributed by atoms with Crippen LogP contribution in [0.15, 0.2) is 59.7 Å². The molecule has 0 aliphatic rings. The number of amides is 1. The highest BCUT2D eigenvalue weighted by atomic mass is 35.5. The summed E-state index contributed by atoms with van der Waals surface area (Å²) in [7, 11) is 1.60. The number of benzene rings is 2. The first-order valence-electron chi connectivity index (χ1n) is 7.20. The molecular formula is C18H14ClN3O2. The number of nitrogens with one attached hydrogen (secondary N) is 1. The molecule has 0 bridgehead atoms. The molecule has 0 saturated heterocycles. The van der Waals surface area contributed by atoms with Crippen molar-refractivity contribution in [2.24, 2.45) is 5.10 Å². The second-order valence-corrected chi connectivity index (χ2v) is 5.35. The van der Waals surface area contributed by atoms with Crippen LogP contribution in [-0.2, 0) is 0 Å². The number of aromatic nitrogens is 1. The summed E-state index contributed by atoms with van der Waals surface area (Å²) in [5, 5.41) is 5.14. The smallest absolute Gasteiger partial charge is 0.271 e. The maximum absolute atomic E-state index is 11.9. The third-order valence-electron chi connectivity index (χ3n) is 3.41. The zero-order chi connectivity index (χ0) is 16.9. The molecule has 0 radical (unpaired) electrons. The van der Waals surface area contributed by atoms with Gasteiger partial charge >= 0.3 is 0 Å². The first kappa shape index (κ1) is 16.0. The van der Waals surface area contributed by atoms with Gasteiger partial charge in [0.25, 0.3) is 5.91 Å². The number of carbonyl (C=O) groups excluding carboxylic acids is 1. The Kier molecular flexibility index (Phi) is 4.72. The van der Waals surface area contributed by atoms with Crippen molar-refractivity contribution in [2.75, 3.05) is 7.11 Å². The number of carbonyl (C=O) groups is 1. The predicted molar refractivity (Wildman–Crippen MR) is 94.8 cm³/mol. The predicted octanol–water partition coefficient (Wildman–Crippen LogP) is 3.66. The minimum atomic E-state index is -0.290. The van der Waals surface area contributed by atoms with Crippen LogP contribution in [0, 0.1) is 0 Å². The SMILES string of the molecule is COc1ccc2cc(/C=N\NC(=O)c3ccccc3)c(Cl)nc2c1. The Balaban J connectivity index is 1.79. The van der Waals surface area contributed by atoms with Crippen molar-refractivity contribution in [1.29, 1.82) is 0 Å². The first-order chi connectivity index (χ1) is 11.7. The molecular weight excluding hydrogens is 326 g/mol. The van der Waals surface area contributed by atoms with Gasteiger partial charge in [0, 0.05) is 22.6 Å². The van der Waals surface area contributed by atoms with Gasteiger partial charge in [0.1, 0.15) is 10.9 Å². The molecule has 0 fully saturated rings. The molecule has 0 aliphatic heterocycles. The van der Waals surface area contributed by atoms with Crippen molar-refractivity contribution in [3.05, 3.63) is 70.9 Å². The van der Waals surface area contributed by atoms with E-state index in [0.29, 0.717) is 22.0 Å². The summed E-state index contributed by atoms with van der Waals surface area (Å²) in [6.45, 7) is 0. The van der Waals surface area contributed by atoms with Gasteiger partial charge in [0.15, 0.2) is 0 Å². The summed E-state index contributed by atoms with van der Waals surface area (Å²) in [6.07, 6.45) is 1.47. The van der Waals surface area contributed by atoms with Gasteiger partial charge in [0.05, 0.1) is 18.8 Å². The van der Waals surface area contributed by atoms with Crippen LogP contribution in [0.3, 0.4) is 0 Å². The number of rotatable bonds is 4. The molecule has 1 heterocycles. The van der Waals surface area contributed by atoms with Gasteiger partial charge in [-0.2, -0.15) is 5.10 Å². The molecule has 6 heteroatoms. The van der Waals surface area contributed by atoms with Crippen molar-refractivity contribution in [3.63, 3.8) is 0 Å². The first-order valence-corrected chi connectivity index (χ1v) is 7.58. The molecule has 5 nitrogen and oxygen atoms in total. The molecule has 1 aromatic heterocycles. The van der Waals surface area contributed by atoms with E-state index in [1.807, 2.05) is 24.3 Å². The molecule has 0 atom stereocenters. The maximum atomic E-state index is 11.9. The molecule has 24 heavy (non-hydrogen) atoms. The van der Waals surface area contributed by atoms with Gasteiger partial charge in [-0.25, -0.2) is 10.4 Å². The Morgan fingerprint density at radius 2 is 2.00 bits per heavy atom. The van der Waals surface area contributed by atoms with Gasteiger partial charge < -0.3 is 4.74 Å². The number of pyridine rings is 1. The van der Waals surface area contributed by atoms with E-state index in [9.17, 15) is 4.79 Å². The minimum absolute atomic E-state index is 0.290. The van der Waals surface area contributed by atoms with Crippen LogP contribution in [0.1, 0.15) is 15.9 Å². The van der Waals surface area contributed by atoms with E-state index in [0.717, 1.165) is 10.9 Å². The molecule has 3 rings (SSSR count). The second-order valence-electron chi connectivity index (χ2n) is 4.99. The lowest BCUT2D eigenvalue weighted by atomic mass is 10.1. The van der Waals surface area contributed by atoms with Crippen LogP contribution < -0.4 is 10.2 Å². The second kappa shape index (κ2) is 7.10. The lowest BCUT2D eigenvalue weighted by Crippen LogP contribution is -2.17. The Hall–Kier alpha value is -2.92. The van der Waals surface area contributed by atoms with Crippen LogP contribution in [0.25, 0.3) is 10.9 Å². The number of hydrogen-bond acceptors (Lipinski definition) is 4. The van der Waals surface area contributed by atoms with Crippen molar-refractivity contribution in [2.45, 2.75) is 0 Å². The highest BCUT2D eigenvalue weighted by molar-refractivity contribution is 6.32. The van der Waals surface area contributed by atoms with Gasteiger partial charge in [-0.15, -0.1) is 0 Å². The largest absolute Gasteiger partial charge is 0.497 e. The molecule has 0 unspecified atom stereocenters. The summed E-state index contributed by atoms with van der Waals surface area (Å²) in [5.74, 6) is 0.420. The number of methoxy groups -OCH3 is 1. The van der Waals surface area contributed by atoms with Crippen LogP contribution in [0.2, 0.25) is 5.15 Å². The topological polar surface area (TPSA) is 63.6 Å². The normalized spacial score (nSPS) is 10.9. The number of ether oxygens (including phenoxy) is 1. The van der Waals surface area contributed by atoms with Crippen LogP contribution in [0.4, 0.5) is 0 Å². The number of hydrazone groups is 1. The van der Waals surface area contributed by atoms with Crippen molar-refractivity contribution in [3.8, 4) is 5.75 Å². The third-order valence-corrected chi connectivity index (χ3v) is 3.71. The molecule has 0 aliphatic carbocycles. The fraction of sp³-hybridized carbons (Fsp3) is 0.0556. The number of nitrogens with zero attached hydrogens (tertiary/aromatic N) is 2. The fourth-order valence-electron chi connectivity index (χ4n) is 2.17. The quantitative estimate of drug-likeness (QED) is 0.448. The Labute approximate surface area is 143 Å². The van der Waals surface area contributed by atoms with E-state index >= 15 is 0 Å². The number of halogens is 1. The van der Waals surface area contributed by atoms with Gasteiger partial charge in [-0.05, 0) is 30.3 Å².